The lowest BCUT2D eigenvalue weighted by Crippen LogP contribution is -1.88. The van der Waals surface area contributed by atoms with Crippen molar-refractivity contribution in [2.45, 2.75) is 48.1 Å². The monoisotopic (exact) mass is 376 g/mol. The number of hydrogen-bond donors (Lipinski definition) is 3. The second-order valence-corrected chi connectivity index (χ2v) is 3.82. The number of benzene rings is 1. The summed E-state index contributed by atoms with van der Waals surface area (Å²) in [4.78, 5) is 35.6. The third-order valence-electron chi connectivity index (χ3n) is 1.72. The van der Waals surface area contributed by atoms with Gasteiger partial charge in [-0.05, 0) is 18.1 Å². The first-order chi connectivity index (χ1) is 12.1. The summed E-state index contributed by atoms with van der Waals surface area (Å²) in [6.07, 6.45) is 0. The number of carbonyl (C=O) groups is 4. The molecule has 1 aromatic carbocycles. The number of aliphatic carboxylic acids is 2. The highest BCUT2D eigenvalue weighted by Crippen LogP contribution is 2.05. The molecule has 0 spiro atoms. The van der Waals surface area contributed by atoms with Crippen LogP contribution in [0.1, 0.15) is 45.7 Å². The van der Waals surface area contributed by atoms with Crippen LogP contribution in [0, 0.1) is 6.92 Å². The van der Waals surface area contributed by atoms with Gasteiger partial charge in [0.15, 0.2) is 0 Å². The van der Waals surface area contributed by atoms with Crippen molar-refractivity contribution >= 4 is 24.7 Å². The number of carboxylic acids is 2. The lowest BCUT2D eigenvalue weighted by Gasteiger charge is -1.97. The van der Waals surface area contributed by atoms with Gasteiger partial charge in [-0.25, -0.2) is 0 Å². The van der Waals surface area contributed by atoms with Crippen LogP contribution in [-0.4, -0.2) is 47.1 Å². The summed E-state index contributed by atoms with van der Waals surface area (Å²) < 4.78 is 4.11. The second-order valence-electron chi connectivity index (χ2n) is 3.82. The van der Waals surface area contributed by atoms with E-state index in [1.54, 1.807) is 0 Å². The molecule has 0 radical (unpaired) electrons. The van der Waals surface area contributed by atoms with E-state index in [1.165, 1.54) is 14.0 Å². The molecule has 0 aliphatic rings. The van der Waals surface area contributed by atoms with Crippen LogP contribution >= 0.6 is 0 Å². The summed E-state index contributed by atoms with van der Waals surface area (Å²) in [5.74, 6) is -1.91. The summed E-state index contributed by atoms with van der Waals surface area (Å²) in [7, 11) is 1.35. The SMILES string of the molecule is C=O.CC.CC(=O)O.CC(=O)O.COC(C)=O.Cc1ccccc1CO. The molecule has 0 atom stereocenters. The predicted molar refractivity (Wildman–Crippen MR) is 99.9 cm³/mol. The van der Waals surface area contributed by atoms with Crippen molar-refractivity contribution in [3.8, 4) is 0 Å². The number of esters is 1. The average molecular weight is 376 g/mol. The molecule has 1 rings (SSSR count). The summed E-state index contributed by atoms with van der Waals surface area (Å²) in [5.41, 5.74) is 2.16. The van der Waals surface area contributed by atoms with Crippen molar-refractivity contribution in [2.24, 2.45) is 0 Å². The zero-order valence-corrected chi connectivity index (χ0v) is 16.6. The molecule has 152 valence electrons. The molecule has 0 aliphatic carbocycles. The molecule has 0 saturated heterocycles. The van der Waals surface area contributed by atoms with E-state index in [9.17, 15) is 4.79 Å². The maximum absolute atomic E-state index is 9.59. The Labute approximate surface area is 155 Å². The van der Waals surface area contributed by atoms with E-state index in [1.807, 2.05) is 51.8 Å². The van der Waals surface area contributed by atoms with Crippen molar-refractivity contribution in [3.05, 3.63) is 35.4 Å². The van der Waals surface area contributed by atoms with Crippen molar-refractivity contribution in [1.82, 2.24) is 0 Å². The molecular weight excluding hydrogens is 344 g/mol. The van der Waals surface area contributed by atoms with Crippen LogP contribution < -0.4 is 0 Å². The number of rotatable bonds is 1. The molecule has 0 aliphatic heterocycles. The Kier molecular flexibility index (Phi) is 40.1. The van der Waals surface area contributed by atoms with E-state index in [0.717, 1.165) is 25.0 Å². The first-order valence-corrected chi connectivity index (χ1v) is 7.46. The van der Waals surface area contributed by atoms with E-state index in [0.29, 0.717) is 0 Å². The van der Waals surface area contributed by atoms with Crippen molar-refractivity contribution in [2.75, 3.05) is 7.11 Å². The average Bonchev–Trinajstić information content (AvgIpc) is 2.58. The minimum Gasteiger partial charge on any atom is -0.481 e. The zero-order valence-electron chi connectivity index (χ0n) is 16.6. The van der Waals surface area contributed by atoms with Gasteiger partial charge in [0.05, 0.1) is 13.7 Å². The minimum atomic E-state index is -0.833. The van der Waals surface area contributed by atoms with Crippen LogP contribution in [0.4, 0.5) is 0 Å². The molecule has 26 heavy (non-hydrogen) atoms. The number of aliphatic hydroxyl groups excluding tert-OH is 1. The normalized spacial score (nSPS) is 6.92. The lowest BCUT2D eigenvalue weighted by atomic mass is 10.1. The fraction of sp³-hybridized carbons (Fsp3) is 0.444. The highest BCUT2D eigenvalue weighted by Gasteiger charge is 1.90. The zero-order chi connectivity index (χ0) is 22.1. The molecule has 8 heteroatoms. The van der Waals surface area contributed by atoms with Crippen LogP contribution in [0.25, 0.3) is 0 Å². The van der Waals surface area contributed by atoms with E-state index in [4.69, 9.17) is 29.7 Å². The number of ether oxygens (including phenoxy) is 1. The maximum Gasteiger partial charge on any atom is 0.302 e. The molecule has 3 N–H and O–H groups in total. The van der Waals surface area contributed by atoms with Gasteiger partial charge < -0.3 is 24.9 Å². The van der Waals surface area contributed by atoms with E-state index >= 15 is 0 Å². The lowest BCUT2D eigenvalue weighted by molar-refractivity contribution is -0.138. The topological polar surface area (TPSA) is 138 Å². The maximum atomic E-state index is 9.59. The second kappa shape index (κ2) is 30.2. The van der Waals surface area contributed by atoms with E-state index in [2.05, 4.69) is 4.74 Å². The molecule has 0 bridgehead atoms. The Morgan fingerprint density at radius 1 is 0.962 bits per heavy atom. The third-order valence-corrected chi connectivity index (χ3v) is 1.72. The summed E-state index contributed by atoms with van der Waals surface area (Å²) in [6.45, 7) is 11.7. The predicted octanol–water partition coefficient (Wildman–Crippen LogP) is 2.69. The minimum absolute atomic E-state index is 0.146. The highest BCUT2D eigenvalue weighted by atomic mass is 16.5. The van der Waals surface area contributed by atoms with Crippen molar-refractivity contribution < 1.29 is 39.2 Å². The largest absolute Gasteiger partial charge is 0.481 e. The summed E-state index contributed by atoms with van der Waals surface area (Å²) in [5, 5.41) is 23.6. The quantitative estimate of drug-likeness (QED) is 0.636. The smallest absolute Gasteiger partial charge is 0.302 e. The highest BCUT2D eigenvalue weighted by molar-refractivity contribution is 5.65. The fourth-order valence-corrected chi connectivity index (χ4v) is 0.787. The molecule has 0 fully saturated rings. The Hall–Kier alpha value is -2.74. The summed E-state index contributed by atoms with van der Waals surface area (Å²) >= 11 is 0. The van der Waals surface area contributed by atoms with Gasteiger partial charge in [0.2, 0.25) is 0 Å². The standard InChI is InChI=1S/C8H10O.C3H6O2.2C2H4O2.C2H6.CH2O/c1-7-4-2-3-5-8(7)6-9;1-3(4)5-2;2*1-2(3)4;2*1-2/h2-5,9H,6H2,1H3;1-2H3;2*1H3,(H,3,4);1-2H3;1H2. The number of hydrogen-bond acceptors (Lipinski definition) is 6. The molecular formula is C18H32O8. The van der Waals surface area contributed by atoms with Crippen LogP contribution in [0.15, 0.2) is 24.3 Å². The van der Waals surface area contributed by atoms with Gasteiger partial charge in [0.1, 0.15) is 6.79 Å². The number of aliphatic hydroxyl groups is 1. The molecule has 8 nitrogen and oxygen atoms in total. The van der Waals surface area contributed by atoms with Gasteiger partial charge in [0.25, 0.3) is 11.9 Å². The third kappa shape index (κ3) is 58.1. The van der Waals surface area contributed by atoms with Crippen LogP contribution in [0.5, 0.6) is 0 Å². The Bertz CT molecular complexity index is 438. The number of carbonyl (C=O) groups excluding carboxylic acids is 2. The van der Waals surface area contributed by atoms with Gasteiger partial charge in [-0.3, -0.25) is 14.4 Å². The van der Waals surface area contributed by atoms with Gasteiger partial charge in [-0.1, -0.05) is 38.1 Å². The van der Waals surface area contributed by atoms with Gasteiger partial charge in [-0.15, -0.1) is 0 Å². The number of carboxylic acid groups (broad SMARTS) is 2. The van der Waals surface area contributed by atoms with Crippen LogP contribution in [0.2, 0.25) is 0 Å². The van der Waals surface area contributed by atoms with Crippen LogP contribution in [0.3, 0.4) is 0 Å². The van der Waals surface area contributed by atoms with Gasteiger partial charge in [0, 0.05) is 20.8 Å². The molecule has 0 heterocycles. The Morgan fingerprint density at radius 2 is 1.23 bits per heavy atom. The molecule has 0 aromatic heterocycles. The first-order valence-electron chi connectivity index (χ1n) is 7.46. The number of methoxy groups -OCH3 is 1. The first kappa shape index (κ1) is 34.6. The molecule has 0 saturated carbocycles. The van der Waals surface area contributed by atoms with Gasteiger partial charge in [-0.2, -0.15) is 0 Å². The van der Waals surface area contributed by atoms with E-state index < -0.39 is 11.9 Å². The van der Waals surface area contributed by atoms with Crippen molar-refractivity contribution in [1.29, 1.82) is 0 Å². The van der Waals surface area contributed by atoms with Crippen LogP contribution in [-0.2, 0) is 30.5 Å². The molecule has 0 amide bonds. The van der Waals surface area contributed by atoms with Gasteiger partial charge >= 0.3 is 5.97 Å². The fourth-order valence-electron chi connectivity index (χ4n) is 0.787. The molecule has 0 unspecified atom stereocenters. The number of aryl methyl sites for hydroxylation is 1. The van der Waals surface area contributed by atoms with Crippen molar-refractivity contribution in [3.63, 3.8) is 0 Å². The Morgan fingerprint density at radius 3 is 1.38 bits per heavy atom. The summed E-state index contributed by atoms with van der Waals surface area (Å²) in [6, 6.07) is 7.81. The Balaban J connectivity index is -0.0000000753. The van der Waals surface area contributed by atoms with E-state index in [-0.39, 0.29) is 12.6 Å². The molecule has 1 aromatic rings.